The second kappa shape index (κ2) is 8.41. The normalized spacial score (nSPS) is 17.1. The Balaban J connectivity index is 1.59. The van der Waals surface area contributed by atoms with Crippen LogP contribution in [0.1, 0.15) is 50.0 Å². The summed E-state index contributed by atoms with van der Waals surface area (Å²) in [5.41, 5.74) is 2.36. The van der Waals surface area contributed by atoms with E-state index in [-0.39, 0.29) is 23.5 Å². The average molecular weight is 412 g/mol. The van der Waals surface area contributed by atoms with Crippen molar-refractivity contribution in [1.82, 2.24) is 0 Å². The van der Waals surface area contributed by atoms with E-state index in [1.165, 1.54) is 11.8 Å². The van der Waals surface area contributed by atoms with E-state index < -0.39 is 17.3 Å². The van der Waals surface area contributed by atoms with E-state index in [2.05, 4.69) is 26.1 Å². The van der Waals surface area contributed by atoms with Crippen molar-refractivity contribution < 1.29 is 19.1 Å². The number of para-hydroxylation sites is 1. The highest BCUT2D eigenvalue weighted by molar-refractivity contribution is 8.01. The monoisotopic (exact) mass is 411 g/mol. The highest BCUT2D eigenvalue weighted by atomic mass is 32.2. The first-order valence-corrected chi connectivity index (χ1v) is 10.4. The number of Topliss-reactive ketones (excluding diaryl/α,β-unsaturated/α-hetero) is 1. The smallest absolute Gasteiger partial charge is 0.308 e. The van der Waals surface area contributed by atoms with E-state index >= 15 is 0 Å². The fourth-order valence-electron chi connectivity index (χ4n) is 3.05. The third kappa shape index (κ3) is 5.07. The van der Waals surface area contributed by atoms with Crippen LogP contribution in [0.25, 0.3) is 0 Å². The lowest BCUT2D eigenvalue weighted by Crippen LogP contribution is -2.33. The summed E-state index contributed by atoms with van der Waals surface area (Å²) in [6.45, 7) is 7.87. The lowest BCUT2D eigenvalue weighted by Gasteiger charge is -2.23. The minimum Gasteiger partial charge on any atom is -0.454 e. The minimum atomic E-state index is -0.910. The number of ketones is 1. The summed E-state index contributed by atoms with van der Waals surface area (Å²) in [7, 11) is 0. The molecule has 2 atom stereocenters. The van der Waals surface area contributed by atoms with Crippen LogP contribution in [0.2, 0.25) is 0 Å². The highest BCUT2D eigenvalue weighted by Crippen LogP contribution is 2.36. The molecule has 152 valence electrons. The predicted octanol–water partition coefficient (Wildman–Crippen LogP) is 4.60. The summed E-state index contributed by atoms with van der Waals surface area (Å²) in [5.74, 6) is -1.06. The number of carbonyl (C=O) groups excluding carboxylic acids is 3. The number of thioether (sulfide) groups is 1. The predicted molar refractivity (Wildman–Crippen MR) is 114 cm³/mol. The Morgan fingerprint density at radius 2 is 1.76 bits per heavy atom. The van der Waals surface area contributed by atoms with Crippen molar-refractivity contribution in [2.24, 2.45) is 0 Å². The zero-order valence-electron chi connectivity index (χ0n) is 17.0. The number of fused-ring (bicyclic) bond motifs is 1. The first-order chi connectivity index (χ1) is 13.6. The van der Waals surface area contributed by atoms with E-state index in [4.69, 9.17) is 4.74 Å². The largest absolute Gasteiger partial charge is 0.454 e. The molecule has 2 aromatic rings. The van der Waals surface area contributed by atoms with Crippen LogP contribution in [-0.2, 0) is 19.7 Å². The second-order valence-electron chi connectivity index (χ2n) is 8.12. The Morgan fingerprint density at radius 3 is 2.41 bits per heavy atom. The molecule has 1 N–H and O–H groups in total. The number of benzene rings is 2. The summed E-state index contributed by atoms with van der Waals surface area (Å²) in [4.78, 5) is 38.1. The topological polar surface area (TPSA) is 72.5 Å². The third-order valence-corrected chi connectivity index (χ3v) is 6.05. The van der Waals surface area contributed by atoms with Gasteiger partial charge in [0.1, 0.15) is 0 Å². The Kier molecular flexibility index (Phi) is 6.13. The number of esters is 1. The van der Waals surface area contributed by atoms with Crippen LogP contribution >= 0.6 is 11.8 Å². The maximum atomic E-state index is 12.6. The maximum Gasteiger partial charge on any atom is 0.308 e. The summed E-state index contributed by atoms with van der Waals surface area (Å²) >= 11 is 1.33. The molecule has 0 radical (unpaired) electrons. The number of amides is 1. The van der Waals surface area contributed by atoms with Gasteiger partial charge < -0.3 is 10.1 Å². The second-order valence-corrected chi connectivity index (χ2v) is 9.36. The van der Waals surface area contributed by atoms with E-state index in [0.29, 0.717) is 5.56 Å². The number of ether oxygens (including phenoxy) is 1. The summed E-state index contributed by atoms with van der Waals surface area (Å²) in [6.07, 6.45) is -1.00. The molecule has 0 saturated heterocycles. The van der Waals surface area contributed by atoms with Crippen molar-refractivity contribution in [2.45, 2.75) is 55.8 Å². The van der Waals surface area contributed by atoms with Gasteiger partial charge >= 0.3 is 5.97 Å². The van der Waals surface area contributed by atoms with Crippen molar-refractivity contribution in [2.75, 3.05) is 5.32 Å². The van der Waals surface area contributed by atoms with Crippen LogP contribution in [0.3, 0.4) is 0 Å². The number of nitrogens with one attached hydrogen (secondary N) is 1. The van der Waals surface area contributed by atoms with E-state index in [0.717, 1.165) is 16.1 Å². The summed E-state index contributed by atoms with van der Waals surface area (Å²) < 4.78 is 5.32. The maximum absolute atomic E-state index is 12.6. The van der Waals surface area contributed by atoms with Crippen molar-refractivity contribution in [1.29, 1.82) is 0 Å². The van der Waals surface area contributed by atoms with Gasteiger partial charge in [-0.25, -0.2) is 0 Å². The molecule has 6 heteroatoms. The number of carbonyl (C=O) groups is 3. The van der Waals surface area contributed by atoms with Crippen molar-refractivity contribution >= 4 is 35.1 Å². The van der Waals surface area contributed by atoms with Gasteiger partial charge in [0.25, 0.3) is 0 Å². The SMILES string of the molecule is C[C@@H](OC(=O)C[C@@H]1Sc2ccccc2NC1=O)C(=O)c1ccc(C(C)(C)C)cc1. The Labute approximate surface area is 175 Å². The Hall–Kier alpha value is -2.60. The number of hydrogen-bond acceptors (Lipinski definition) is 5. The highest BCUT2D eigenvalue weighted by Gasteiger charge is 2.30. The molecule has 0 aromatic heterocycles. The molecule has 0 aliphatic carbocycles. The zero-order chi connectivity index (χ0) is 21.2. The van der Waals surface area contributed by atoms with Gasteiger partial charge in [0.2, 0.25) is 11.7 Å². The molecule has 3 rings (SSSR count). The van der Waals surface area contributed by atoms with Crippen molar-refractivity contribution in [3.8, 4) is 0 Å². The van der Waals surface area contributed by atoms with Gasteiger partial charge in [-0.1, -0.05) is 57.2 Å². The molecule has 1 amide bonds. The molecule has 0 fully saturated rings. The summed E-state index contributed by atoms with van der Waals surface area (Å²) in [5, 5.41) is 2.22. The van der Waals surface area contributed by atoms with Crippen LogP contribution < -0.4 is 5.32 Å². The Morgan fingerprint density at radius 1 is 1.10 bits per heavy atom. The molecule has 2 aromatic carbocycles. The molecule has 1 aliphatic rings. The van der Waals surface area contributed by atoms with Crippen LogP contribution in [0.5, 0.6) is 0 Å². The van der Waals surface area contributed by atoms with Crippen LogP contribution in [0, 0.1) is 0 Å². The fourth-order valence-corrected chi connectivity index (χ4v) is 4.14. The van der Waals surface area contributed by atoms with Crippen molar-refractivity contribution in [3.63, 3.8) is 0 Å². The standard InChI is InChI=1S/C23H25NO4S/c1-14(21(26)15-9-11-16(12-10-15)23(2,3)4)28-20(25)13-19-22(27)24-17-7-5-6-8-18(17)29-19/h5-12,14,19H,13H2,1-4H3,(H,24,27)/t14-,19+/m1/s1. The number of anilines is 1. The molecule has 0 bridgehead atoms. The molecule has 1 aliphatic heterocycles. The minimum absolute atomic E-state index is 0.00346. The molecule has 1 heterocycles. The molecule has 29 heavy (non-hydrogen) atoms. The zero-order valence-corrected chi connectivity index (χ0v) is 17.8. The van der Waals surface area contributed by atoms with Gasteiger partial charge in [0.05, 0.1) is 17.4 Å². The van der Waals surface area contributed by atoms with Gasteiger partial charge in [0.15, 0.2) is 6.10 Å². The number of hydrogen-bond donors (Lipinski definition) is 1. The van der Waals surface area contributed by atoms with Gasteiger partial charge in [-0.3, -0.25) is 14.4 Å². The van der Waals surface area contributed by atoms with Gasteiger partial charge in [0, 0.05) is 10.5 Å². The van der Waals surface area contributed by atoms with Crippen LogP contribution in [-0.4, -0.2) is 29.0 Å². The number of rotatable bonds is 5. The van der Waals surface area contributed by atoms with E-state index in [1.54, 1.807) is 19.1 Å². The molecular formula is C23H25NO4S. The molecular weight excluding hydrogens is 386 g/mol. The Bertz CT molecular complexity index is 931. The lowest BCUT2D eigenvalue weighted by atomic mass is 9.86. The fraction of sp³-hybridized carbons (Fsp3) is 0.348. The molecule has 0 saturated carbocycles. The first kappa shape index (κ1) is 21.1. The first-order valence-electron chi connectivity index (χ1n) is 9.56. The van der Waals surface area contributed by atoms with Gasteiger partial charge in [-0.2, -0.15) is 0 Å². The summed E-state index contributed by atoms with van der Waals surface area (Å²) in [6, 6.07) is 14.8. The quantitative estimate of drug-likeness (QED) is 0.575. The van der Waals surface area contributed by atoms with E-state index in [9.17, 15) is 14.4 Å². The van der Waals surface area contributed by atoms with Gasteiger partial charge in [-0.05, 0) is 30.0 Å². The molecule has 0 spiro atoms. The van der Waals surface area contributed by atoms with Crippen LogP contribution in [0.15, 0.2) is 53.4 Å². The third-order valence-electron chi connectivity index (χ3n) is 4.77. The van der Waals surface area contributed by atoms with Gasteiger partial charge in [-0.15, -0.1) is 11.8 Å². The van der Waals surface area contributed by atoms with Crippen LogP contribution in [0.4, 0.5) is 5.69 Å². The average Bonchev–Trinajstić information content (AvgIpc) is 2.67. The molecule has 0 unspecified atom stereocenters. The van der Waals surface area contributed by atoms with E-state index in [1.807, 2.05) is 36.4 Å². The van der Waals surface area contributed by atoms with Crippen molar-refractivity contribution in [3.05, 3.63) is 59.7 Å². The lowest BCUT2D eigenvalue weighted by molar-refractivity contribution is -0.147. The molecule has 5 nitrogen and oxygen atoms in total.